The van der Waals surface area contributed by atoms with Gasteiger partial charge in [0.05, 0.1) is 9.81 Å². The first-order chi connectivity index (χ1) is 16.1. The monoisotopic (exact) mass is 512 g/mol. The van der Waals surface area contributed by atoms with Crippen molar-refractivity contribution in [2.24, 2.45) is 0 Å². The highest BCUT2D eigenvalue weighted by Crippen LogP contribution is 2.35. The number of hydrogen-bond donors (Lipinski definition) is 0. The van der Waals surface area contributed by atoms with E-state index in [2.05, 4.69) is 0 Å². The van der Waals surface area contributed by atoms with E-state index in [1.165, 1.54) is 0 Å². The van der Waals surface area contributed by atoms with Gasteiger partial charge in [-0.05, 0) is 90.8 Å². The van der Waals surface area contributed by atoms with Gasteiger partial charge in [-0.15, -0.1) is 0 Å². The Hall–Kier alpha value is -2.81. The van der Waals surface area contributed by atoms with Crippen LogP contribution in [0.15, 0.2) is 46.2 Å². The molecule has 2 saturated heterocycles. The second kappa shape index (κ2) is 9.82. The largest absolute Gasteiger partial charge is 0.293 e. The van der Waals surface area contributed by atoms with Crippen LogP contribution in [0.2, 0.25) is 5.02 Å². The van der Waals surface area contributed by atoms with E-state index in [0.29, 0.717) is 9.93 Å². The normalized spacial score (nSPS) is 18.8. The topological polar surface area (TPSA) is 74.8 Å². The van der Waals surface area contributed by atoms with Gasteiger partial charge in [0.15, 0.2) is 0 Å². The van der Waals surface area contributed by atoms with Gasteiger partial charge in [0.1, 0.15) is 0 Å². The number of thioether (sulfide) groups is 2. The third-order valence-electron chi connectivity index (χ3n) is 5.48. The van der Waals surface area contributed by atoms with Gasteiger partial charge in [-0.1, -0.05) is 41.4 Å². The Labute approximate surface area is 211 Å². The van der Waals surface area contributed by atoms with Gasteiger partial charge in [-0.2, -0.15) is 0 Å². The molecule has 174 valence electrons. The summed E-state index contributed by atoms with van der Waals surface area (Å²) in [7, 11) is 0. The van der Waals surface area contributed by atoms with Crippen molar-refractivity contribution in [2.75, 3.05) is 13.1 Å². The van der Waals surface area contributed by atoms with E-state index in [-0.39, 0.29) is 18.0 Å². The first-order valence-electron chi connectivity index (χ1n) is 10.5. The molecule has 0 radical (unpaired) electrons. The van der Waals surface area contributed by atoms with E-state index < -0.39 is 22.3 Å². The molecule has 4 rings (SSSR count). The van der Waals surface area contributed by atoms with Crippen LogP contribution in [0.4, 0.5) is 9.59 Å². The van der Waals surface area contributed by atoms with Crippen LogP contribution in [0.1, 0.15) is 27.8 Å². The van der Waals surface area contributed by atoms with Crippen molar-refractivity contribution in [1.29, 1.82) is 0 Å². The van der Waals surface area contributed by atoms with Crippen LogP contribution in [0.25, 0.3) is 12.2 Å². The molecule has 4 amide bonds. The number of amides is 4. The Balaban J connectivity index is 1.46. The molecule has 2 aromatic carbocycles. The maximum atomic E-state index is 12.9. The number of benzene rings is 2. The van der Waals surface area contributed by atoms with Crippen molar-refractivity contribution in [3.8, 4) is 0 Å². The van der Waals surface area contributed by atoms with Crippen molar-refractivity contribution < 1.29 is 19.2 Å². The minimum atomic E-state index is -0.446. The van der Waals surface area contributed by atoms with Crippen molar-refractivity contribution in [1.82, 2.24) is 9.80 Å². The Kier molecular flexibility index (Phi) is 7.02. The maximum Gasteiger partial charge on any atom is 0.293 e. The molecule has 2 aromatic rings. The van der Waals surface area contributed by atoms with Crippen molar-refractivity contribution in [3.05, 3.63) is 79.0 Å². The molecule has 9 heteroatoms. The number of carbonyl (C=O) groups is 4. The van der Waals surface area contributed by atoms with Crippen molar-refractivity contribution in [3.63, 3.8) is 0 Å². The molecule has 0 N–H and O–H groups in total. The lowest BCUT2D eigenvalue weighted by atomic mass is 9.99. The second-order valence-electron chi connectivity index (χ2n) is 8.03. The first-order valence-corrected chi connectivity index (χ1v) is 12.5. The van der Waals surface area contributed by atoms with Gasteiger partial charge >= 0.3 is 0 Å². The van der Waals surface area contributed by atoms with Gasteiger partial charge in [-0.25, -0.2) is 0 Å². The number of imide groups is 2. The number of halogens is 1. The number of rotatable bonds is 5. The molecule has 2 heterocycles. The van der Waals surface area contributed by atoms with Crippen molar-refractivity contribution >= 4 is 69.6 Å². The third kappa shape index (κ3) is 4.99. The molecule has 0 spiro atoms. The highest BCUT2D eigenvalue weighted by atomic mass is 35.5. The standard InChI is InChI=1S/C25H21ClN2O4S2/c1-14-10-15(2)19(16(3)11-14)13-21-23(30)28(25(32)34-21)9-8-27-22(29)20(33-24(27)31)12-17-4-6-18(26)7-5-17/h4-7,10-13H,8-9H2,1-3H3. The van der Waals surface area contributed by atoms with Crippen LogP contribution >= 0.6 is 35.1 Å². The van der Waals surface area contributed by atoms with Crippen LogP contribution in [-0.2, 0) is 9.59 Å². The zero-order valence-corrected chi connectivity index (χ0v) is 21.1. The molecule has 2 aliphatic heterocycles. The summed E-state index contributed by atoms with van der Waals surface area (Å²) in [5, 5.41) is -0.273. The second-order valence-corrected chi connectivity index (χ2v) is 10.5. The zero-order valence-electron chi connectivity index (χ0n) is 18.8. The van der Waals surface area contributed by atoms with Crippen LogP contribution in [-0.4, -0.2) is 45.2 Å². The predicted octanol–water partition coefficient (Wildman–Crippen LogP) is 6.04. The minimum absolute atomic E-state index is 0.0554. The lowest BCUT2D eigenvalue weighted by Gasteiger charge is -2.17. The number of carbonyl (C=O) groups excluding carboxylic acids is 4. The Morgan fingerprint density at radius 3 is 1.74 bits per heavy atom. The van der Waals surface area contributed by atoms with Gasteiger partial charge < -0.3 is 0 Å². The molecule has 34 heavy (non-hydrogen) atoms. The summed E-state index contributed by atoms with van der Waals surface area (Å²) in [5.74, 6) is -0.864. The average Bonchev–Trinajstić information content (AvgIpc) is 3.19. The van der Waals surface area contributed by atoms with E-state index >= 15 is 0 Å². The van der Waals surface area contributed by atoms with Gasteiger partial charge in [0, 0.05) is 18.1 Å². The summed E-state index contributed by atoms with van der Waals surface area (Å²) in [6.45, 7) is 5.82. The zero-order chi connectivity index (χ0) is 24.6. The number of aryl methyl sites for hydroxylation is 3. The van der Waals surface area contributed by atoms with Crippen LogP contribution < -0.4 is 0 Å². The van der Waals surface area contributed by atoms with E-state index in [1.807, 2.05) is 32.9 Å². The molecule has 2 aliphatic rings. The Bertz CT molecular complexity index is 1260. The SMILES string of the molecule is Cc1cc(C)c(C=C2SC(=O)N(CCN3C(=O)SC(=Cc4ccc(Cl)cc4)C3=O)C2=O)c(C)c1. The summed E-state index contributed by atoms with van der Waals surface area (Å²) in [6, 6.07) is 11.0. The number of nitrogens with zero attached hydrogens (tertiary/aromatic N) is 2. The predicted molar refractivity (Wildman–Crippen MR) is 137 cm³/mol. The molecule has 2 fully saturated rings. The van der Waals surface area contributed by atoms with E-state index in [4.69, 9.17) is 11.6 Å². The highest BCUT2D eigenvalue weighted by Gasteiger charge is 2.39. The molecular weight excluding hydrogens is 492 g/mol. The average molecular weight is 513 g/mol. The summed E-state index contributed by atoms with van der Waals surface area (Å²) in [4.78, 5) is 53.4. The van der Waals surface area contributed by atoms with Crippen LogP contribution in [0.3, 0.4) is 0 Å². The molecule has 0 saturated carbocycles. The molecular formula is C25H21ClN2O4S2. The lowest BCUT2D eigenvalue weighted by molar-refractivity contribution is -0.125. The van der Waals surface area contributed by atoms with Gasteiger partial charge in [0.25, 0.3) is 22.3 Å². The summed E-state index contributed by atoms with van der Waals surface area (Å²) >= 11 is 7.59. The fraction of sp³-hybridized carbons (Fsp3) is 0.200. The number of hydrogen-bond acceptors (Lipinski definition) is 6. The van der Waals surface area contributed by atoms with E-state index in [9.17, 15) is 19.2 Å². The molecule has 0 bridgehead atoms. The molecule has 6 nitrogen and oxygen atoms in total. The molecule has 0 atom stereocenters. The highest BCUT2D eigenvalue weighted by molar-refractivity contribution is 8.18. The van der Waals surface area contributed by atoms with Crippen LogP contribution in [0.5, 0.6) is 0 Å². The lowest BCUT2D eigenvalue weighted by Crippen LogP contribution is -2.39. The van der Waals surface area contributed by atoms with E-state index in [1.54, 1.807) is 36.4 Å². The van der Waals surface area contributed by atoms with Crippen LogP contribution in [0, 0.1) is 20.8 Å². The summed E-state index contributed by atoms with van der Waals surface area (Å²) in [6.07, 6.45) is 3.36. The van der Waals surface area contributed by atoms with Gasteiger partial charge in [-0.3, -0.25) is 29.0 Å². The smallest absolute Gasteiger partial charge is 0.268 e. The fourth-order valence-electron chi connectivity index (χ4n) is 3.85. The third-order valence-corrected chi connectivity index (χ3v) is 7.54. The summed E-state index contributed by atoms with van der Waals surface area (Å²) < 4.78 is 0. The molecule has 0 aromatic heterocycles. The van der Waals surface area contributed by atoms with Gasteiger partial charge in [0.2, 0.25) is 0 Å². The van der Waals surface area contributed by atoms with E-state index in [0.717, 1.165) is 61.1 Å². The molecule has 0 aliphatic carbocycles. The van der Waals surface area contributed by atoms with Crippen molar-refractivity contribution in [2.45, 2.75) is 20.8 Å². The Morgan fingerprint density at radius 2 is 1.24 bits per heavy atom. The molecule has 0 unspecified atom stereocenters. The quantitative estimate of drug-likeness (QED) is 0.455. The summed E-state index contributed by atoms with van der Waals surface area (Å²) in [5.41, 5.74) is 4.83. The first kappa shape index (κ1) is 24.3. The minimum Gasteiger partial charge on any atom is -0.268 e. The Morgan fingerprint density at radius 1 is 0.765 bits per heavy atom. The maximum absolute atomic E-state index is 12.9. The fourth-order valence-corrected chi connectivity index (χ4v) is 5.68.